The average molecular weight is 351 g/mol. The predicted octanol–water partition coefficient (Wildman–Crippen LogP) is 2.91. The Hall–Kier alpha value is -2.08. The molecule has 2 rings (SSSR count). The maximum absolute atomic E-state index is 12.5. The van der Waals surface area contributed by atoms with Crippen LogP contribution in [0.4, 0.5) is 0 Å². The topological polar surface area (TPSA) is 69.0 Å². The minimum absolute atomic E-state index is 0.101. The van der Waals surface area contributed by atoms with Gasteiger partial charge in [-0.2, -0.15) is 5.10 Å². The molecule has 0 saturated heterocycles. The summed E-state index contributed by atoms with van der Waals surface area (Å²) < 4.78 is 7.58. The van der Waals surface area contributed by atoms with E-state index < -0.39 is 5.60 Å². The molecule has 1 unspecified atom stereocenters. The maximum Gasteiger partial charge on any atom is 0.263 e. The fraction of sp³-hybridized carbons (Fsp3) is 0.471. The summed E-state index contributed by atoms with van der Waals surface area (Å²) in [5, 5.41) is 7.69. The summed E-state index contributed by atoms with van der Waals surface area (Å²) >= 11 is 6.17. The number of carbonyl (C=O) groups excluding carboxylic acids is 1. The van der Waals surface area contributed by atoms with E-state index in [4.69, 9.17) is 16.3 Å². The molecule has 1 aromatic heterocycles. The second kappa shape index (κ2) is 7.21. The van der Waals surface area contributed by atoms with Crippen LogP contribution in [0.5, 0.6) is 5.75 Å². The predicted molar refractivity (Wildman–Crippen MR) is 93.3 cm³/mol. The molecule has 1 N–H and O–H groups in total. The lowest BCUT2D eigenvalue weighted by molar-refractivity contribution is -0.134. The zero-order valence-electron chi connectivity index (χ0n) is 14.6. The minimum atomic E-state index is -1.01. The summed E-state index contributed by atoms with van der Waals surface area (Å²) in [4.78, 5) is 16.4. The third kappa shape index (κ3) is 4.47. The second-order valence-electron chi connectivity index (χ2n) is 6.48. The van der Waals surface area contributed by atoms with Gasteiger partial charge in [0.2, 0.25) is 0 Å². The van der Waals surface area contributed by atoms with Gasteiger partial charge in [0.25, 0.3) is 5.91 Å². The molecule has 7 heteroatoms. The van der Waals surface area contributed by atoms with Crippen molar-refractivity contribution in [2.24, 2.45) is 0 Å². The van der Waals surface area contributed by atoms with Crippen molar-refractivity contribution >= 4 is 17.5 Å². The van der Waals surface area contributed by atoms with Crippen molar-refractivity contribution in [3.8, 4) is 5.75 Å². The van der Waals surface area contributed by atoms with E-state index in [9.17, 15) is 4.79 Å². The largest absolute Gasteiger partial charge is 0.478 e. The molecule has 0 aliphatic rings. The molecule has 0 aliphatic heterocycles. The summed E-state index contributed by atoms with van der Waals surface area (Å²) in [5.74, 6) is 0.429. The Morgan fingerprint density at radius 2 is 2.00 bits per heavy atom. The normalized spacial score (nSPS) is 12.8. The van der Waals surface area contributed by atoms with E-state index in [1.165, 1.54) is 6.33 Å². The van der Waals surface area contributed by atoms with Gasteiger partial charge in [0.15, 0.2) is 5.60 Å². The number of aryl methyl sites for hydroxylation is 2. The van der Waals surface area contributed by atoms with Gasteiger partial charge in [0.1, 0.15) is 18.4 Å². The number of ether oxygens (including phenoxy) is 1. The molecular formula is C17H23ClN4O2. The van der Waals surface area contributed by atoms with Crippen LogP contribution >= 0.6 is 11.6 Å². The Morgan fingerprint density at radius 3 is 2.54 bits per heavy atom. The number of hydrogen-bond donors (Lipinski definition) is 1. The molecule has 2 aromatic rings. The number of aromatic nitrogens is 3. The summed E-state index contributed by atoms with van der Waals surface area (Å²) in [6.45, 7) is 9.76. The van der Waals surface area contributed by atoms with E-state index in [0.29, 0.717) is 17.3 Å². The van der Waals surface area contributed by atoms with Crippen LogP contribution < -0.4 is 10.1 Å². The first-order chi connectivity index (χ1) is 11.2. The standard InChI is InChI=1S/C17H23ClN4O2/c1-11-6-14(7-12(2)15(11)18)24-17(4,5)16(23)21-13(3)8-22-10-19-9-20-22/h6-7,9-10,13H,8H2,1-5H3,(H,21,23). The van der Waals surface area contributed by atoms with Crippen molar-refractivity contribution in [2.75, 3.05) is 0 Å². The first-order valence-electron chi connectivity index (χ1n) is 7.78. The smallest absolute Gasteiger partial charge is 0.263 e. The van der Waals surface area contributed by atoms with Gasteiger partial charge in [-0.3, -0.25) is 9.48 Å². The van der Waals surface area contributed by atoms with E-state index in [1.807, 2.05) is 32.9 Å². The van der Waals surface area contributed by atoms with Gasteiger partial charge in [-0.25, -0.2) is 4.98 Å². The second-order valence-corrected chi connectivity index (χ2v) is 6.85. The van der Waals surface area contributed by atoms with Gasteiger partial charge in [-0.05, 0) is 57.9 Å². The molecule has 0 saturated carbocycles. The third-order valence-electron chi connectivity index (χ3n) is 3.63. The highest BCUT2D eigenvalue weighted by molar-refractivity contribution is 6.32. The Balaban J connectivity index is 2.02. The number of hydrogen-bond acceptors (Lipinski definition) is 4. The molecule has 1 heterocycles. The molecular weight excluding hydrogens is 328 g/mol. The first-order valence-corrected chi connectivity index (χ1v) is 8.16. The number of amides is 1. The highest BCUT2D eigenvalue weighted by Crippen LogP contribution is 2.28. The number of rotatable bonds is 6. The van der Waals surface area contributed by atoms with E-state index in [1.54, 1.807) is 24.9 Å². The SMILES string of the molecule is Cc1cc(OC(C)(C)C(=O)NC(C)Cn2cncn2)cc(C)c1Cl. The molecule has 1 atom stereocenters. The molecule has 24 heavy (non-hydrogen) atoms. The number of nitrogens with zero attached hydrogens (tertiary/aromatic N) is 3. The van der Waals surface area contributed by atoms with Crippen molar-refractivity contribution in [3.05, 3.63) is 40.9 Å². The van der Waals surface area contributed by atoms with Crippen molar-refractivity contribution in [3.63, 3.8) is 0 Å². The molecule has 6 nitrogen and oxygen atoms in total. The van der Waals surface area contributed by atoms with Gasteiger partial charge in [-0.1, -0.05) is 11.6 Å². The third-order valence-corrected chi connectivity index (χ3v) is 4.23. The maximum atomic E-state index is 12.5. The van der Waals surface area contributed by atoms with Crippen molar-refractivity contribution in [2.45, 2.75) is 52.8 Å². The molecule has 1 amide bonds. The van der Waals surface area contributed by atoms with Crippen molar-refractivity contribution in [1.82, 2.24) is 20.1 Å². The van der Waals surface area contributed by atoms with Crippen LogP contribution in [0.1, 0.15) is 31.9 Å². The molecule has 0 radical (unpaired) electrons. The molecule has 0 aliphatic carbocycles. The summed E-state index contributed by atoms with van der Waals surface area (Å²) in [7, 11) is 0. The van der Waals surface area contributed by atoms with Crippen LogP contribution in [0.15, 0.2) is 24.8 Å². The summed E-state index contributed by atoms with van der Waals surface area (Å²) in [6.07, 6.45) is 3.08. The van der Waals surface area contributed by atoms with Crippen molar-refractivity contribution in [1.29, 1.82) is 0 Å². The summed E-state index contributed by atoms with van der Waals surface area (Å²) in [5.41, 5.74) is 0.827. The van der Waals surface area contributed by atoms with E-state index in [-0.39, 0.29) is 11.9 Å². The minimum Gasteiger partial charge on any atom is -0.478 e. The van der Waals surface area contributed by atoms with Crippen LogP contribution in [0.3, 0.4) is 0 Å². The Labute approximate surface area is 147 Å². The lowest BCUT2D eigenvalue weighted by atomic mass is 10.1. The summed E-state index contributed by atoms with van der Waals surface area (Å²) in [6, 6.07) is 3.57. The zero-order valence-corrected chi connectivity index (χ0v) is 15.4. The van der Waals surface area contributed by atoms with Crippen LogP contribution in [0.25, 0.3) is 0 Å². The Bertz CT molecular complexity index is 690. The lowest BCUT2D eigenvalue weighted by Crippen LogP contribution is -2.50. The van der Waals surface area contributed by atoms with Crippen LogP contribution in [-0.4, -0.2) is 32.3 Å². The average Bonchev–Trinajstić information content (AvgIpc) is 2.96. The molecule has 0 fully saturated rings. The monoisotopic (exact) mass is 350 g/mol. The van der Waals surface area contributed by atoms with E-state index >= 15 is 0 Å². The number of carbonyl (C=O) groups is 1. The van der Waals surface area contributed by atoms with Crippen LogP contribution in [0.2, 0.25) is 5.02 Å². The van der Waals surface area contributed by atoms with Gasteiger partial charge >= 0.3 is 0 Å². The van der Waals surface area contributed by atoms with Gasteiger partial charge in [-0.15, -0.1) is 0 Å². The Kier molecular flexibility index (Phi) is 5.49. The number of benzene rings is 1. The highest BCUT2D eigenvalue weighted by atomic mass is 35.5. The molecule has 130 valence electrons. The molecule has 0 bridgehead atoms. The lowest BCUT2D eigenvalue weighted by Gasteiger charge is -2.27. The fourth-order valence-corrected chi connectivity index (χ4v) is 2.47. The van der Waals surface area contributed by atoms with E-state index in [0.717, 1.165) is 11.1 Å². The van der Waals surface area contributed by atoms with Gasteiger partial charge in [0.05, 0.1) is 6.54 Å². The zero-order chi connectivity index (χ0) is 17.9. The molecule has 1 aromatic carbocycles. The number of nitrogens with one attached hydrogen (secondary N) is 1. The van der Waals surface area contributed by atoms with Crippen LogP contribution in [-0.2, 0) is 11.3 Å². The quantitative estimate of drug-likeness (QED) is 0.869. The number of halogens is 1. The van der Waals surface area contributed by atoms with Gasteiger partial charge < -0.3 is 10.1 Å². The van der Waals surface area contributed by atoms with Crippen LogP contribution in [0, 0.1) is 13.8 Å². The van der Waals surface area contributed by atoms with Gasteiger partial charge in [0, 0.05) is 11.1 Å². The Morgan fingerprint density at radius 1 is 1.38 bits per heavy atom. The molecule has 0 spiro atoms. The van der Waals surface area contributed by atoms with Crippen molar-refractivity contribution < 1.29 is 9.53 Å². The fourth-order valence-electron chi connectivity index (χ4n) is 2.36. The highest BCUT2D eigenvalue weighted by Gasteiger charge is 2.31. The van der Waals surface area contributed by atoms with E-state index in [2.05, 4.69) is 15.4 Å². The first kappa shape index (κ1) is 18.3.